The zero-order valence-corrected chi connectivity index (χ0v) is 12.1. The van der Waals surface area contributed by atoms with Crippen molar-refractivity contribution in [2.24, 2.45) is 5.92 Å². The van der Waals surface area contributed by atoms with Gasteiger partial charge in [-0.05, 0) is 29.5 Å². The fourth-order valence-corrected chi connectivity index (χ4v) is 2.21. The van der Waals surface area contributed by atoms with Crippen LogP contribution < -0.4 is 0 Å². The second-order valence-corrected chi connectivity index (χ2v) is 6.30. The molecular weight excluding hydrogens is 264 g/mol. The summed E-state index contributed by atoms with van der Waals surface area (Å²) in [4.78, 5) is 0. The molecule has 16 heavy (non-hydrogen) atoms. The molecule has 0 heterocycles. The normalized spacial score (nSPS) is 12.2. The van der Waals surface area contributed by atoms with Crippen molar-refractivity contribution >= 4 is 15.9 Å². The van der Waals surface area contributed by atoms with Crippen LogP contribution in [0, 0.1) is 5.92 Å². The highest BCUT2D eigenvalue weighted by atomic mass is 79.9. The van der Waals surface area contributed by atoms with E-state index in [1.165, 1.54) is 11.1 Å². The number of rotatable bonds is 4. The molecule has 1 nitrogen and oxygen atoms in total. The molecule has 0 aliphatic carbocycles. The highest BCUT2D eigenvalue weighted by Gasteiger charge is 2.20. The zero-order chi connectivity index (χ0) is 12.3. The van der Waals surface area contributed by atoms with Gasteiger partial charge in [-0.15, -0.1) is 0 Å². The summed E-state index contributed by atoms with van der Waals surface area (Å²) in [6.07, 6.45) is 1.08. The van der Waals surface area contributed by atoms with Crippen LogP contribution in [0.4, 0.5) is 0 Å². The molecule has 0 fully saturated rings. The molecule has 0 aromatic heterocycles. The molecule has 0 spiro atoms. The van der Waals surface area contributed by atoms with E-state index < -0.39 is 0 Å². The van der Waals surface area contributed by atoms with Crippen molar-refractivity contribution in [2.75, 3.05) is 6.61 Å². The predicted octanol–water partition coefficient (Wildman–Crippen LogP) is 3.92. The van der Waals surface area contributed by atoms with E-state index in [9.17, 15) is 5.11 Å². The summed E-state index contributed by atoms with van der Waals surface area (Å²) in [6.45, 7) is 8.72. The Labute approximate surface area is 107 Å². The van der Waals surface area contributed by atoms with Crippen LogP contribution in [0.25, 0.3) is 0 Å². The van der Waals surface area contributed by atoms with Crippen LogP contribution >= 0.6 is 15.9 Å². The summed E-state index contributed by atoms with van der Waals surface area (Å²) in [7, 11) is 0. The molecule has 0 radical (unpaired) electrons. The molecular formula is C14H21BrO. The van der Waals surface area contributed by atoms with Gasteiger partial charge in [0.25, 0.3) is 0 Å². The smallest absolute Gasteiger partial charge is 0.0522 e. The molecule has 90 valence electrons. The maximum atomic E-state index is 9.34. The van der Waals surface area contributed by atoms with E-state index in [-0.39, 0.29) is 12.0 Å². The van der Waals surface area contributed by atoms with E-state index in [1.54, 1.807) is 0 Å². The van der Waals surface area contributed by atoms with Gasteiger partial charge in [-0.3, -0.25) is 0 Å². The molecule has 0 saturated carbocycles. The summed E-state index contributed by atoms with van der Waals surface area (Å²) in [5.74, 6) is 0.660. The van der Waals surface area contributed by atoms with Gasteiger partial charge >= 0.3 is 0 Å². The second kappa shape index (κ2) is 5.33. The maximum absolute atomic E-state index is 9.34. The molecule has 1 rings (SSSR count). The third-order valence-corrected chi connectivity index (χ3v) is 3.60. The van der Waals surface area contributed by atoms with Crippen LogP contribution in [0.1, 0.15) is 38.8 Å². The lowest BCUT2D eigenvalue weighted by Gasteiger charge is -2.23. The van der Waals surface area contributed by atoms with E-state index >= 15 is 0 Å². The minimum absolute atomic E-state index is 0.168. The lowest BCUT2D eigenvalue weighted by molar-refractivity contribution is 0.218. The van der Waals surface area contributed by atoms with Gasteiger partial charge in [-0.1, -0.05) is 55.8 Å². The van der Waals surface area contributed by atoms with Crippen molar-refractivity contribution in [3.8, 4) is 0 Å². The van der Waals surface area contributed by atoms with Gasteiger partial charge in [-0.25, -0.2) is 0 Å². The minimum atomic E-state index is -0.168. The van der Waals surface area contributed by atoms with E-state index in [2.05, 4.69) is 61.8 Å². The maximum Gasteiger partial charge on any atom is 0.0522 e. The van der Waals surface area contributed by atoms with Gasteiger partial charge < -0.3 is 5.11 Å². The fourth-order valence-electron chi connectivity index (χ4n) is 1.66. The summed E-state index contributed by atoms with van der Waals surface area (Å²) >= 11 is 3.62. The Morgan fingerprint density at radius 2 is 1.94 bits per heavy atom. The Hall–Kier alpha value is -0.340. The Balaban J connectivity index is 2.99. The quantitative estimate of drug-likeness (QED) is 0.889. The van der Waals surface area contributed by atoms with E-state index in [4.69, 9.17) is 0 Å². The number of hydrogen-bond donors (Lipinski definition) is 1. The molecule has 0 aliphatic rings. The third-order valence-electron chi connectivity index (χ3n) is 2.86. The Bertz CT molecular complexity index is 356. The van der Waals surface area contributed by atoms with Crippen molar-refractivity contribution in [2.45, 2.75) is 39.5 Å². The minimum Gasteiger partial charge on any atom is -0.395 e. The highest BCUT2D eigenvalue weighted by molar-refractivity contribution is 9.10. The first-order valence-electron chi connectivity index (χ1n) is 5.76. The van der Waals surface area contributed by atoms with Crippen molar-refractivity contribution in [1.82, 2.24) is 0 Å². The molecule has 0 saturated heterocycles. The lowest BCUT2D eigenvalue weighted by atomic mass is 9.85. The summed E-state index contributed by atoms with van der Waals surface area (Å²) in [5, 5.41) is 9.34. The molecule has 1 aromatic rings. The van der Waals surface area contributed by atoms with E-state index in [0.717, 1.165) is 10.9 Å². The standard InChI is InChI=1S/C14H21BrO/c1-10(2)7-11-5-6-12(8-13(11)15)14(3,4)9-16/h5-6,8,10,16H,7,9H2,1-4H3. The van der Waals surface area contributed by atoms with Crippen molar-refractivity contribution in [3.05, 3.63) is 33.8 Å². The number of benzene rings is 1. The molecule has 0 unspecified atom stereocenters. The molecule has 1 N–H and O–H groups in total. The van der Waals surface area contributed by atoms with Gasteiger partial charge in [0.2, 0.25) is 0 Å². The first-order chi connectivity index (χ1) is 7.36. The van der Waals surface area contributed by atoms with Crippen LogP contribution in [-0.2, 0) is 11.8 Å². The van der Waals surface area contributed by atoms with E-state index in [1.807, 2.05) is 0 Å². The molecule has 0 atom stereocenters. The predicted molar refractivity (Wildman–Crippen MR) is 72.8 cm³/mol. The topological polar surface area (TPSA) is 20.2 Å². The SMILES string of the molecule is CC(C)Cc1ccc(C(C)(C)CO)cc1Br. The Kier molecular flexibility index (Phi) is 4.57. The Morgan fingerprint density at radius 1 is 1.31 bits per heavy atom. The average molecular weight is 285 g/mol. The second-order valence-electron chi connectivity index (χ2n) is 5.45. The van der Waals surface area contributed by atoms with Crippen LogP contribution in [0.3, 0.4) is 0 Å². The highest BCUT2D eigenvalue weighted by Crippen LogP contribution is 2.28. The van der Waals surface area contributed by atoms with Gasteiger partial charge in [0.05, 0.1) is 6.61 Å². The first kappa shape index (κ1) is 13.7. The van der Waals surface area contributed by atoms with Crippen LogP contribution in [-0.4, -0.2) is 11.7 Å². The van der Waals surface area contributed by atoms with Gasteiger partial charge in [-0.2, -0.15) is 0 Å². The van der Waals surface area contributed by atoms with Crippen molar-refractivity contribution < 1.29 is 5.11 Å². The average Bonchev–Trinajstić information content (AvgIpc) is 2.20. The van der Waals surface area contributed by atoms with Gasteiger partial charge in [0, 0.05) is 9.89 Å². The fraction of sp³-hybridized carbons (Fsp3) is 0.571. The van der Waals surface area contributed by atoms with Crippen molar-refractivity contribution in [1.29, 1.82) is 0 Å². The summed E-state index contributed by atoms with van der Waals surface area (Å²) in [6, 6.07) is 6.42. The number of halogens is 1. The number of aliphatic hydroxyl groups excluding tert-OH is 1. The molecule has 0 aliphatic heterocycles. The van der Waals surface area contributed by atoms with E-state index in [0.29, 0.717) is 5.92 Å². The van der Waals surface area contributed by atoms with Crippen LogP contribution in [0.2, 0.25) is 0 Å². The van der Waals surface area contributed by atoms with Crippen LogP contribution in [0.5, 0.6) is 0 Å². The summed E-state index contributed by atoms with van der Waals surface area (Å²) < 4.78 is 1.15. The van der Waals surface area contributed by atoms with Crippen LogP contribution in [0.15, 0.2) is 22.7 Å². The molecule has 0 bridgehead atoms. The van der Waals surface area contributed by atoms with Gasteiger partial charge in [0.1, 0.15) is 0 Å². The lowest BCUT2D eigenvalue weighted by Crippen LogP contribution is -2.22. The third kappa shape index (κ3) is 3.33. The number of aliphatic hydroxyl groups is 1. The van der Waals surface area contributed by atoms with Gasteiger partial charge in [0.15, 0.2) is 0 Å². The zero-order valence-electron chi connectivity index (χ0n) is 10.5. The van der Waals surface area contributed by atoms with Crippen molar-refractivity contribution in [3.63, 3.8) is 0 Å². The first-order valence-corrected chi connectivity index (χ1v) is 6.56. The Morgan fingerprint density at radius 3 is 2.38 bits per heavy atom. The molecule has 2 heteroatoms. The summed E-state index contributed by atoms with van der Waals surface area (Å²) in [5.41, 5.74) is 2.35. The number of hydrogen-bond acceptors (Lipinski definition) is 1. The molecule has 1 aromatic carbocycles. The largest absolute Gasteiger partial charge is 0.395 e. The molecule has 0 amide bonds. The monoisotopic (exact) mass is 284 g/mol.